The van der Waals surface area contributed by atoms with Crippen LogP contribution in [0.15, 0.2) is 35.7 Å². The molecule has 1 fully saturated rings. The second kappa shape index (κ2) is 7.74. The summed E-state index contributed by atoms with van der Waals surface area (Å²) in [5, 5.41) is 6.52. The van der Waals surface area contributed by atoms with Crippen molar-refractivity contribution in [3.05, 3.63) is 52.7 Å². The number of nitrogens with one attached hydrogen (secondary N) is 1. The number of aryl methyl sites for hydroxylation is 1. The Morgan fingerprint density at radius 3 is 2.85 bits per heavy atom. The van der Waals surface area contributed by atoms with E-state index >= 15 is 0 Å². The number of nitrogens with zero attached hydrogens (tertiary/aromatic N) is 3. The highest BCUT2D eigenvalue weighted by molar-refractivity contribution is 7.14. The number of aromatic nitrogens is 2. The number of carbonyl (C=O) groups excluding carboxylic acids is 1. The molecule has 0 atom stereocenters. The number of hydrogen-bond acceptors (Lipinski definition) is 5. The summed E-state index contributed by atoms with van der Waals surface area (Å²) in [6.45, 7) is 7.34. The Morgan fingerprint density at radius 1 is 1.26 bits per heavy atom. The summed E-state index contributed by atoms with van der Waals surface area (Å²) in [5.41, 5.74) is 3.33. The molecule has 0 spiro atoms. The molecule has 1 N–H and O–H groups in total. The summed E-state index contributed by atoms with van der Waals surface area (Å²) in [7, 11) is 0. The van der Waals surface area contributed by atoms with Crippen LogP contribution < -0.4 is 5.32 Å². The zero-order valence-corrected chi connectivity index (χ0v) is 16.6. The highest BCUT2D eigenvalue weighted by Crippen LogP contribution is 2.23. The molecule has 4 rings (SSSR count). The summed E-state index contributed by atoms with van der Waals surface area (Å²) >= 11 is 1.49. The third-order valence-electron chi connectivity index (χ3n) is 5.12. The van der Waals surface area contributed by atoms with Crippen molar-refractivity contribution in [3.63, 3.8) is 0 Å². The standard InChI is InChI=1S/C21H24N4OS/c1-14-7-9-25(10-8-14)12-16-13-27-21(23-16)24-20(26)18-11-15(2)22-19-6-4-3-5-17(18)19/h3-6,11,13-14H,7-10,12H2,1-2H3,(H,23,24,26). The third-order valence-corrected chi connectivity index (χ3v) is 5.93. The van der Waals surface area contributed by atoms with Crippen LogP contribution in [-0.4, -0.2) is 33.9 Å². The second-order valence-corrected chi connectivity index (χ2v) is 8.24. The van der Waals surface area contributed by atoms with Gasteiger partial charge in [-0.2, -0.15) is 0 Å². The fourth-order valence-corrected chi connectivity index (χ4v) is 4.24. The van der Waals surface area contributed by atoms with Gasteiger partial charge in [-0.1, -0.05) is 25.1 Å². The number of likely N-dealkylation sites (tertiary alicyclic amines) is 1. The molecule has 3 heterocycles. The molecule has 0 unspecified atom stereocenters. The Labute approximate surface area is 163 Å². The first-order valence-corrected chi connectivity index (χ1v) is 10.3. The van der Waals surface area contributed by atoms with Crippen molar-refractivity contribution in [2.75, 3.05) is 18.4 Å². The molecule has 0 saturated carbocycles. The number of hydrogen-bond donors (Lipinski definition) is 1. The van der Waals surface area contributed by atoms with Crippen LogP contribution >= 0.6 is 11.3 Å². The van der Waals surface area contributed by atoms with Crippen LogP contribution in [0.3, 0.4) is 0 Å². The lowest BCUT2D eigenvalue weighted by atomic mass is 9.99. The number of benzene rings is 1. The maximum Gasteiger partial charge on any atom is 0.258 e. The van der Waals surface area contributed by atoms with Gasteiger partial charge in [-0.15, -0.1) is 11.3 Å². The minimum Gasteiger partial charge on any atom is -0.298 e. The van der Waals surface area contributed by atoms with E-state index in [9.17, 15) is 4.79 Å². The van der Waals surface area contributed by atoms with Crippen molar-refractivity contribution >= 4 is 33.3 Å². The zero-order chi connectivity index (χ0) is 18.8. The minimum absolute atomic E-state index is 0.135. The predicted octanol–water partition coefficient (Wildman–Crippen LogP) is 4.48. The lowest BCUT2D eigenvalue weighted by molar-refractivity contribution is 0.102. The molecule has 6 heteroatoms. The van der Waals surface area contributed by atoms with Gasteiger partial charge in [-0.3, -0.25) is 20.0 Å². The summed E-state index contributed by atoms with van der Waals surface area (Å²) < 4.78 is 0. The predicted molar refractivity (Wildman–Crippen MR) is 110 cm³/mol. The number of pyridine rings is 1. The molecule has 140 valence electrons. The van der Waals surface area contributed by atoms with Crippen LogP contribution in [0.1, 0.15) is 41.5 Å². The summed E-state index contributed by atoms with van der Waals surface area (Å²) in [4.78, 5) is 24.4. The highest BCUT2D eigenvalue weighted by atomic mass is 32.1. The van der Waals surface area contributed by atoms with E-state index in [0.717, 1.165) is 47.8 Å². The van der Waals surface area contributed by atoms with Gasteiger partial charge in [-0.25, -0.2) is 4.98 Å². The zero-order valence-electron chi connectivity index (χ0n) is 15.7. The van der Waals surface area contributed by atoms with Crippen LogP contribution in [0.4, 0.5) is 5.13 Å². The molecule has 0 radical (unpaired) electrons. The van der Waals surface area contributed by atoms with Gasteiger partial charge in [0.05, 0.1) is 16.8 Å². The van der Waals surface area contributed by atoms with Gasteiger partial charge in [-0.05, 0) is 50.9 Å². The van der Waals surface area contributed by atoms with E-state index in [0.29, 0.717) is 10.7 Å². The van der Waals surface area contributed by atoms with E-state index in [2.05, 4.69) is 27.1 Å². The number of para-hydroxylation sites is 1. The largest absolute Gasteiger partial charge is 0.298 e. The van der Waals surface area contributed by atoms with Crippen molar-refractivity contribution in [1.29, 1.82) is 0 Å². The number of carbonyl (C=O) groups is 1. The van der Waals surface area contributed by atoms with Gasteiger partial charge in [0.2, 0.25) is 0 Å². The molecule has 1 aromatic carbocycles. The molecular formula is C21H24N4OS. The number of fused-ring (bicyclic) bond motifs is 1. The average molecular weight is 381 g/mol. The number of thiazole rings is 1. The molecule has 1 amide bonds. The number of amides is 1. The molecule has 1 aliphatic rings. The Balaban J connectivity index is 1.47. The van der Waals surface area contributed by atoms with Crippen molar-refractivity contribution in [3.8, 4) is 0 Å². The van der Waals surface area contributed by atoms with Crippen LogP contribution in [0, 0.1) is 12.8 Å². The van der Waals surface area contributed by atoms with E-state index < -0.39 is 0 Å². The minimum atomic E-state index is -0.135. The lowest BCUT2D eigenvalue weighted by Gasteiger charge is -2.29. The first-order chi connectivity index (χ1) is 13.1. The Kier molecular flexibility index (Phi) is 5.18. The fraction of sp³-hybridized carbons (Fsp3) is 0.381. The first kappa shape index (κ1) is 18.1. The average Bonchev–Trinajstić information content (AvgIpc) is 3.09. The van der Waals surface area contributed by atoms with E-state index in [-0.39, 0.29) is 5.91 Å². The van der Waals surface area contributed by atoms with E-state index in [4.69, 9.17) is 0 Å². The van der Waals surface area contributed by atoms with Crippen molar-refractivity contribution in [1.82, 2.24) is 14.9 Å². The van der Waals surface area contributed by atoms with Crippen molar-refractivity contribution < 1.29 is 4.79 Å². The Bertz CT molecular complexity index is 960. The van der Waals surface area contributed by atoms with E-state index in [1.54, 1.807) is 0 Å². The Morgan fingerprint density at radius 2 is 2.04 bits per heavy atom. The topological polar surface area (TPSA) is 58.1 Å². The maximum atomic E-state index is 12.8. The van der Waals surface area contributed by atoms with E-state index in [1.165, 1.54) is 24.2 Å². The smallest absolute Gasteiger partial charge is 0.258 e. The van der Waals surface area contributed by atoms with Gasteiger partial charge < -0.3 is 0 Å². The molecule has 2 aromatic heterocycles. The second-order valence-electron chi connectivity index (χ2n) is 7.39. The molecule has 1 aliphatic heterocycles. The molecule has 1 saturated heterocycles. The number of piperidine rings is 1. The molecule has 5 nitrogen and oxygen atoms in total. The van der Waals surface area contributed by atoms with Crippen molar-refractivity contribution in [2.45, 2.75) is 33.2 Å². The molecule has 0 aliphatic carbocycles. The number of anilines is 1. The van der Waals surface area contributed by atoms with Crippen LogP contribution in [-0.2, 0) is 6.54 Å². The highest BCUT2D eigenvalue weighted by Gasteiger charge is 2.18. The first-order valence-electron chi connectivity index (χ1n) is 9.43. The maximum absolute atomic E-state index is 12.8. The van der Waals surface area contributed by atoms with Gasteiger partial charge in [0.1, 0.15) is 0 Å². The normalized spacial score (nSPS) is 15.9. The van der Waals surface area contributed by atoms with Gasteiger partial charge in [0.15, 0.2) is 5.13 Å². The van der Waals surface area contributed by atoms with Crippen molar-refractivity contribution in [2.24, 2.45) is 5.92 Å². The Hall–Kier alpha value is -2.31. The molecule has 3 aromatic rings. The molecular weight excluding hydrogens is 356 g/mol. The summed E-state index contributed by atoms with van der Waals surface area (Å²) in [6.07, 6.45) is 2.50. The monoisotopic (exact) mass is 380 g/mol. The fourth-order valence-electron chi connectivity index (χ4n) is 3.55. The quantitative estimate of drug-likeness (QED) is 0.725. The van der Waals surface area contributed by atoms with Gasteiger partial charge in [0, 0.05) is 23.0 Å². The summed E-state index contributed by atoms with van der Waals surface area (Å²) in [5.74, 6) is 0.689. The molecule has 27 heavy (non-hydrogen) atoms. The van der Waals surface area contributed by atoms with Gasteiger partial charge >= 0.3 is 0 Å². The number of rotatable bonds is 4. The van der Waals surface area contributed by atoms with Gasteiger partial charge in [0.25, 0.3) is 5.91 Å². The van der Waals surface area contributed by atoms with E-state index in [1.807, 2.05) is 42.6 Å². The SMILES string of the molecule is Cc1cc(C(=O)Nc2nc(CN3CCC(C)CC3)cs2)c2ccccc2n1. The lowest BCUT2D eigenvalue weighted by Crippen LogP contribution is -2.32. The molecule has 0 bridgehead atoms. The summed E-state index contributed by atoms with van der Waals surface area (Å²) in [6, 6.07) is 9.56. The van der Waals surface area contributed by atoms with Crippen LogP contribution in [0.25, 0.3) is 10.9 Å². The van der Waals surface area contributed by atoms with Crippen LogP contribution in [0.2, 0.25) is 0 Å². The third kappa shape index (κ3) is 4.17. The van der Waals surface area contributed by atoms with Crippen LogP contribution in [0.5, 0.6) is 0 Å².